The summed E-state index contributed by atoms with van der Waals surface area (Å²) in [5.41, 5.74) is 2.04. The van der Waals surface area contributed by atoms with E-state index in [4.69, 9.17) is 0 Å². The molecule has 1 unspecified atom stereocenters. The third kappa shape index (κ3) is 2.99. The van der Waals surface area contributed by atoms with Crippen LogP contribution in [0.4, 0.5) is 10.8 Å². The summed E-state index contributed by atoms with van der Waals surface area (Å²) in [5.74, 6) is -0.0634. The van der Waals surface area contributed by atoms with Crippen LogP contribution in [0.1, 0.15) is 29.8 Å². The van der Waals surface area contributed by atoms with Crippen LogP contribution >= 0.6 is 11.3 Å². The Hall–Kier alpha value is -2.28. The van der Waals surface area contributed by atoms with Gasteiger partial charge in [-0.15, -0.1) is 10.2 Å². The fraction of sp³-hybridized carbons (Fsp3) is 0.333. The molecule has 1 N–H and O–H groups in total. The van der Waals surface area contributed by atoms with Crippen molar-refractivity contribution in [3.05, 3.63) is 34.8 Å². The van der Waals surface area contributed by atoms with E-state index in [9.17, 15) is 9.59 Å². The van der Waals surface area contributed by atoms with Crippen molar-refractivity contribution in [2.45, 2.75) is 26.2 Å². The van der Waals surface area contributed by atoms with Crippen LogP contribution in [0, 0.1) is 6.92 Å². The Morgan fingerprint density at radius 1 is 1.41 bits per heavy atom. The van der Waals surface area contributed by atoms with Crippen molar-refractivity contribution in [2.75, 3.05) is 16.8 Å². The predicted molar refractivity (Wildman–Crippen MR) is 85.1 cm³/mol. The average Bonchev–Trinajstić information content (AvgIpc) is 3.05. The van der Waals surface area contributed by atoms with Gasteiger partial charge in [0.1, 0.15) is 5.01 Å². The molecule has 114 valence electrons. The first-order valence-electron chi connectivity index (χ1n) is 7.01. The summed E-state index contributed by atoms with van der Waals surface area (Å²) in [6, 6.07) is 7.90. The van der Waals surface area contributed by atoms with Gasteiger partial charge in [-0.2, -0.15) is 0 Å². The Labute approximate surface area is 132 Å². The molecule has 7 heteroatoms. The van der Waals surface area contributed by atoms with Crippen molar-refractivity contribution in [1.29, 1.82) is 0 Å². The van der Waals surface area contributed by atoms with Crippen LogP contribution in [0.25, 0.3) is 0 Å². The summed E-state index contributed by atoms with van der Waals surface area (Å²) in [6.45, 7) is 4.03. The number of carbonyl (C=O) groups is 2. The minimum Gasteiger partial charge on any atom is -0.312 e. The number of rotatable bonds is 3. The van der Waals surface area contributed by atoms with Crippen LogP contribution in [0.5, 0.6) is 0 Å². The molecule has 2 heterocycles. The van der Waals surface area contributed by atoms with Crippen LogP contribution < -0.4 is 10.2 Å². The van der Waals surface area contributed by atoms with Crippen molar-refractivity contribution >= 4 is 34.0 Å². The van der Waals surface area contributed by atoms with Gasteiger partial charge >= 0.3 is 0 Å². The molecule has 0 radical (unpaired) electrons. The molecule has 0 bridgehead atoms. The zero-order chi connectivity index (χ0) is 15.7. The number of carbonyl (C=O) groups excluding carboxylic acids is 2. The molecular formula is C15H16N4O2S. The number of benzene rings is 1. The molecule has 1 atom stereocenters. The molecule has 1 saturated heterocycles. The van der Waals surface area contributed by atoms with Crippen LogP contribution in [0.15, 0.2) is 24.3 Å². The molecule has 1 aliphatic rings. The van der Waals surface area contributed by atoms with Gasteiger partial charge in [0, 0.05) is 31.5 Å². The summed E-state index contributed by atoms with van der Waals surface area (Å²) in [4.78, 5) is 25.1. The SMILES string of the molecule is CC(=O)Nc1nnc(C2CC(=O)N(c3cccc(C)c3)C2)s1. The molecule has 1 aromatic heterocycles. The lowest BCUT2D eigenvalue weighted by Gasteiger charge is -2.16. The minimum atomic E-state index is -0.174. The number of aryl methyl sites for hydroxylation is 1. The van der Waals surface area contributed by atoms with Crippen molar-refractivity contribution < 1.29 is 9.59 Å². The highest BCUT2D eigenvalue weighted by atomic mass is 32.1. The Bertz CT molecular complexity index is 728. The van der Waals surface area contributed by atoms with E-state index in [1.807, 2.05) is 31.2 Å². The third-order valence-corrected chi connectivity index (χ3v) is 4.51. The van der Waals surface area contributed by atoms with Crippen LogP contribution in [-0.4, -0.2) is 28.6 Å². The van der Waals surface area contributed by atoms with E-state index in [1.165, 1.54) is 18.3 Å². The highest BCUT2D eigenvalue weighted by molar-refractivity contribution is 7.15. The van der Waals surface area contributed by atoms with E-state index in [2.05, 4.69) is 15.5 Å². The lowest BCUT2D eigenvalue weighted by molar-refractivity contribution is -0.117. The first-order chi connectivity index (χ1) is 10.5. The fourth-order valence-electron chi connectivity index (χ4n) is 2.52. The highest BCUT2D eigenvalue weighted by Crippen LogP contribution is 2.34. The average molecular weight is 316 g/mol. The lowest BCUT2D eigenvalue weighted by Crippen LogP contribution is -2.24. The summed E-state index contributed by atoms with van der Waals surface area (Å²) in [6.07, 6.45) is 0.419. The lowest BCUT2D eigenvalue weighted by atomic mass is 10.1. The molecule has 2 amide bonds. The predicted octanol–water partition coefficient (Wildman–Crippen LogP) is 2.33. The van der Waals surface area contributed by atoms with Gasteiger partial charge in [0.2, 0.25) is 16.9 Å². The number of anilines is 2. The Balaban J connectivity index is 1.77. The summed E-state index contributed by atoms with van der Waals surface area (Å²) in [7, 11) is 0. The van der Waals surface area contributed by atoms with Gasteiger partial charge in [-0.1, -0.05) is 23.5 Å². The molecule has 2 aromatic rings. The number of aromatic nitrogens is 2. The van der Waals surface area contributed by atoms with E-state index in [0.29, 0.717) is 18.1 Å². The van der Waals surface area contributed by atoms with Gasteiger partial charge < -0.3 is 10.2 Å². The molecule has 22 heavy (non-hydrogen) atoms. The first-order valence-corrected chi connectivity index (χ1v) is 7.82. The van der Waals surface area contributed by atoms with Gasteiger partial charge in [-0.25, -0.2) is 0 Å². The minimum absolute atomic E-state index is 0.0213. The molecule has 1 aliphatic heterocycles. The summed E-state index contributed by atoms with van der Waals surface area (Å²) in [5, 5.41) is 11.9. The Morgan fingerprint density at radius 3 is 2.95 bits per heavy atom. The molecule has 0 spiro atoms. The summed E-state index contributed by atoms with van der Waals surface area (Å²) < 4.78 is 0. The third-order valence-electron chi connectivity index (χ3n) is 3.51. The van der Waals surface area contributed by atoms with Crippen LogP contribution in [0.2, 0.25) is 0 Å². The normalized spacial score (nSPS) is 17.8. The van der Waals surface area contributed by atoms with Crippen LogP contribution in [0.3, 0.4) is 0 Å². The zero-order valence-corrected chi connectivity index (χ0v) is 13.2. The number of amides is 2. The Morgan fingerprint density at radius 2 is 2.23 bits per heavy atom. The van der Waals surface area contributed by atoms with Crippen LogP contribution in [-0.2, 0) is 9.59 Å². The van der Waals surface area contributed by atoms with Gasteiger partial charge in [0.05, 0.1) is 0 Å². The number of nitrogens with zero attached hydrogens (tertiary/aromatic N) is 3. The molecule has 1 fully saturated rings. The van der Waals surface area contributed by atoms with E-state index in [0.717, 1.165) is 16.3 Å². The molecule has 0 saturated carbocycles. The second-order valence-electron chi connectivity index (χ2n) is 5.37. The number of hydrogen-bond acceptors (Lipinski definition) is 5. The topological polar surface area (TPSA) is 75.2 Å². The molecule has 0 aliphatic carbocycles. The number of nitrogens with one attached hydrogen (secondary N) is 1. The Kier molecular flexibility index (Phi) is 3.89. The second-order valence-corrected chi connectivity index (χ2v) is 6.38. The standard InChI is InChI=1S/C15H16N4O2S/c1-9-4-3-5-12(6-9)19-8-11(7-13(19)21)14-17-18-15(22-14)16-10(2)20/h3-6,11H,7-8H2,1-2H3,(H,16,18,20). The molecule has 6 nitrogen and oxygen atoms in total. The van der Waals surface area contributed by atoms with Crippen molar-refractivity contribution in [3.8, 4) is 0 Å². The monoisotopic (exact) mass is 316 g/mol. The first kappa shape index (κ1) is 14.6. The van der Waals surface area contributed by atoms with E-state index in [1.54, 1.807) is 4.90 Å². The second kappa shape index (κ2) is 5.84. The maximum absolute atomic E-state index is 12.3. The maximum atomic E-state index is 12.3. The number of hydrogen-bond donors (Lipinski definition) is 1. The van der Waals surface area contributed by atoms with E-state index < -0.39 is 0 Å². The van der Waals surface area contributed by atoms with Crippen molar-refractivity contribution in [2.24, 2.45) is 0 Å². The maximum Gasteiger partial charge on any atom is 0.227 e. The van der Waals surface area contributed by atoms with Gasteiger partial charge in [-0.3, -0.25) is 9.59 Å². The molecular weight excluding hydrogens is 300 g/mol. The van der Waals surface area contributed by atoms with Crippen molar-refractivity contribution in [3.63, 3.8) is 0 Å². The summed E-state index contributed by atoms with van der Waals surface area (Å²) >= 11 is 1.33. The fourth-order valence-corrected chi connectivity index (χ4v) is 3.40. The van der Waals surface area contributed by atoms with Gasteiger partial charge in [-0.05, 0) is 24.6 Å². The molecule has 3 rings (SSSR count). The zero-order valence-electron chi connectivity index (χ0n) is 12.4. The quantitative estimate of drug-likeness (QED) is 0.943. The van der Waals surface area contributed by atoms with Gasteiger partial charge in [0.15, 0.2) is 0 Å². The van der Waals surface area contributed by atoms with Gasteiger partial charge in [0.25, 0.3) is 0 Å². The largest absolute Gasteiger partial charge is 0.312 e. The van der Waals surface area contributed by atoms with E-state index >= 15 is 0 Å². The molecule has 1 aromatic carbocycles. The smallest absolute Gasteiger partial charge is 0.227 e. The van der Waals surface area contributed by atoms with E-state index in [-0.39, 0.29) is 17.7 Å². The van der Waals surface area contributed by atoms with Crippen molar-refractivity contribution in [1.82, 2.24) is 10.2 Å². The highest BCUT2D eigenvalue weighted by Gasteiger charge is 2.33.